The van der Waals surface area contributed by atoms with Crippen LogP contribution in [-0.2, 0) is 4.79 Å². The van der Waals surface area contributed by atoms with Gasteiger partial charge in [0, 0.05) is 55.5 Å². The van der Waals surface area contributed by atoms with Crippen molar-refractivity contribution in [2.75, 3.05) is 38.5 Å². The number of piperazine rings is 1. The van der Waals surface area contributed by atoms with E-state index in [1.165, 1.54) is 12.1 Å². The minimum Gasteiger partial charge on any atom is -0.336 e. The van der Waals surface area contributed by atoms with Crippen LogP contribution in [0.5, 0.6) is 0 Å². The van der Waals surface area contributed by atoms with Gasteiger partial charge in [-0.05, 0) is 49.4 Å². The maximum Gasteiger partial charge on any atom is 0.257 e. The van der Waals surface area contributed by atoms with Crippen LogP contribution >= 0.6 is 0 Å². The first kappa shape index (κ1) is 21.2. The number of benzene rings is 2. The number of aryl methyl sites for hydroxylation is 1. The molecule has 3 heterocycles. The Morgan fingerprint density at radius 2 is 1.79 bits per heavy atom. The zero-order valence-electron chi connectivity index (χ0n) is 18.6. The second-order valence-corrected chi connectivity index (χ2v) is 8.60. The molecule has 1 fully saturated rings. The lowest BCUT2D eigenvalue weighted by atomic mass is 9.95. The Balaban J connectivity index is 1.51. The van der Waals surface area contributed by atoms with Gasteiger partial charge in [-0.3, -0.25) is 9.59 Å². The van der Waals surface area contributed by atoms with Crippen molar-refractivity contribution in [2.45, 2.75) is 6.92 Å². The average molecular weight is 445 g/mol. The summed E-state index contributed by atoms with van der Waals surface area (Å²) in [6.07, 6.45) is 3.55. The number of hydrogen-bond donors (Lipinski definition) is 1. The number of carbonyl (C=O) groups is 2. The van der Waals surface area contributed by atoms with Crippen LogP contribution in [0.15, 0.2) is 54.7 Å². The molecule has 0 radical (unpaired) electrons. The van der Waals surface area contributed by atoms with Gasteiger partial charge >= 0.3 is 0 Å². The fourth-order valence-corrected chi connectivity index (χ4v) is 4.42. The van der Waals surface area contributed by atoms with Crippen LogP contribution < -0.4 is 5.32 Å². The van der Waals surface area contributed by atoms with Gasteiger partial charge < -0.3 is 19.7 Å². The highest BCUT2D eigenvalue weighted by Crippen LogP contribution is 2.40. The van der Waals surface area contributed by atoms with E-state index in [2.05, 4.69) is 17.3 Å². The van der Waals surface area contributed by atoms with E-state index in [1.807, 2.05) is 40.7 Å². The smallest absolute Gasteiger partial charge is 0.257 e. The standard InChI is InChI=1S/C26H25FN4O2/c1-17-14-19(26(33)30-12-10-29(2)11-13-30)15-31(17)16-22-24-21(18-6-8-20(27)9-7-18)4-3-5-23(24)28-25(22)32/h3-9,14-16H,10-13H2,1-2H3,(H,28,32). The number of aromatic nitrogens is 1. The van der Waals surface area contributed by atoms with Gasteiger partial charge in [0.15, 0.2) is 0 Å². The number of nitrogens with one attached hydrogen (secondary N) is 1. The summed E-state index contributed by atoms with van der Waals surface area (Å²) >= 11 is 0. The van der Waals surface area contributed by atoms with E-state index >= 15 is 0 Å². The molecule has 0 atom stereocenters. The highest BCUT2D eigenvalue weighted by atomic mass is 19.1. The molecule has 2 aromatic carbocycles. The lowest BCUT2D eigenvalue weighted by Crippen LogP contribution is -2.47. The van der Waals surface area contributed by atoms with Gasteiger partial charge in [-0.25, -0.2) is 4.39 Å². The molecule has 33 heavy (non-hydrogen) atoms. The van der Waals surface area contributed by atoms with Crippen LogP contribution in [0.1, 0.15) is 21.6 Å². The summed E-state index contributed by atoms with van der Waals surface area (Å²) < 4.78 is 15.3. The quantitative estimate of drug-likeness (QED) is 0.623. The van der Waals surface area contributed by atoms with Crippen LogP contribution in [0, 0.1) is 12.7 Å². The molecule has 2 amide bonds. The molecular formula is C26H25FN4O2. The van der Waals surface area contributed by atoms with Crippen molar-refractivity contribution in [3.8, 4) is 11.1 Å². The number of rotatable bonds is 3. The van der Waals surface area contributed by atoms with Gasteiger partial charge in [0.05, 0.1) is 11.1 Å². The van der Waals surface area contributed by atoms with Gasteiger partial charge in [0.25, 0.3) is 11.8 Å². The predicted molar refractivity (Wildman–Crippen MR) is 127 cm³/mol. The van der Waals surface area contributed by atoms with Crippen molar-refractivity contribution in [2.24, 2.45) is 0 Å². The fourth-order valence-electron chi connectivity index (χ4n) is 4.42. The SMILES string of the molecule is Cc1cc(C(=O)N2CCN(C)CC2)cn1C=C1C(=O)Nc2cccc(-c3ccc(F)cc3)c21. The van der Waals surface area contributed by atoms with Gasteiger partial charge in [-0.2, -0.15) is 0 Å². The Morgan fingerprint density at radius 3 is 2.52 bits per heavy atom. The number of carbonyl (C=O) groups excluding carboxylic acids is 2. The highest BCUT2D eigenvalue weighted by molar-refractivity contribution is 6.35. The largest absolute Gasteiger partial charge is 0.336 e. The number of anilines is 1. The van der Waals surface area contributed by atoms with Crippen molar-refractivity contribution in [1.29, 1.82) is 0 Å². The van der Waals surface area contributed by atoms with Crippen LogP contribution in [-0.4, -0.2) is 59.4 Å². The first-order chi connectivity index (χ1) is 15.9. The average Bonchev–Trinajstić information content (AvgIpc) is 3.34. The van der Waals surface area contributed by atoms with E-state index in [0.717, 1.165) is 35.5 Å². The normalized spacial score (nSPS) is 17.4. The van der Waals surface area contributed by atoms with E-state index in [4.69, 9.17) is 0 Å². The Hall–Kier alpha value is -3.71. The Morgan fingerprint density at radius 1 is 1.06 bits per heavy atom. The number of likely N-dealkylation sites (N-methyl/N-ethyl adjacent to an activating group) is 1. The van der Waals surface area contributed by atoms with Gasteiger partial charge in [0.1, 0.15) is 5.82 Å². The highest BCUT2D eigenvalue weighted by Gasteiger charge is 2.28. The number of hydrogen-bond acceptors (Lipinski definition) is 3. The van der Waals surface area contributed by atoms with Crippen LogP contribution in [0.2, 0.25) is 0 Å². The van der Waals surface area contributed by atoms with E-state index in [0.29, 0.717) is 29.9 Å². The third-order valence-corrected chi connectivity index (χ3v) is 6.34. The van der Waals surface area contributed by atoms with Crippen LogP contribution in [0.25, 0.3) is 22.9 Å². The monoisotopic (exact) mass is 444 g/mol. The number of nitrogens with zero attached hydrogens (tertiary/aromatic N) is 3. The minimum atomic E-state index is -0.309. The predicted octanol–water partition coefficient (Wildman–Crippen LogP) is 3.94. The van der Waals surface area contributed by atoms with Crippen molar-refractivity contribution in [1.82, 2.24) is 14.4 Å². The molecule has 5 rings (SSSR count). The fraction of sp³-hybridized carbons (Fsp3) is 0.231. The molecule has 0 bridgehead atoms. The maximum absolute atomic E-state index is 13.5. The second kappa shape index (κ2) is 8.33. The summed E-state index contributed by atoms with van der Waals surface area (Å²) in [5, 5.41) is 2.92. The second-order valence-electron chi connectivity index (χ2n) is 8.60. The third kappa shape index (κ3) is 3.96. The first-order valence-electron chi connectivity index (χ1n) is 11.0. The molecule has 2 aliphatic heterocycles. The van der Waals surface area contributed by atoms with Gasteiger partial charge in [-0.1, -0.05) is 24.3 Å². The summed E-state index contributed by atoms with van der Waals surface area (Å²) in [7, 11) is 2.05. The molecule has 6 nitrogen and oxygen atoms in total. The topological polar surface area (TPSA) is 57.6 Å². The number of halogens is 1. The maximum atomic E-state index is 13.5. The molecule has 2 aliphatic rings. The van der Waals surface area contributed by atoms with Crippen molar-refractivity contribution in [3.63, 3.8) is 0 Å². The molecule has 1 N–H and O–H groups in total. The molecule has 0 aliphatic carbocycles. The molecule has 0 saturated carbocycles. The molecular weight excluding hydrogens is 419 g/mol. The molecule has 7 heteroatoms. The zero-order chi connectivity index (χ0) is 23.1. The summed E-state index contributed by atoms with van der Waals surface area (Å²) in [6.45, 7) is 5.05. The van der Waals surface area contributed by atoms with E-state index < -0.39 is 0 Å². The molecule has 3 aromatic rings. The minimum absolute atomic E-state index is 0.00613. The molecule has 1 aromatic heterocycles. The van der Waals surface area contributed by atoms with E-state index in [-0.39, 0.29) is 17.6 Å². The summed E-state index contributed by atoms with van der Waals surface area (Å²) in [4.78, 5) is 30.0. The van der Waals surface area contributed by atoms with E-state index in [1.54, 1.807) is 24.5 Å². The Labute approximate surface area is 191 Å². The van der Waals surface area contributed by atoms with Gasteiger partial charge in [-0.15, -0.1) is 0 Å². The lowest BCUT2D eigenvalue weighted by Gasteiger charge is -2.32. The third-order valence-electron chi connectivity index (χ3n) is 6.34. The van der Waals surface area contributed by atoms with Crippen molar-refractivity contribution in [3.05, 3.63) is 77.4 Å². The van der Waals surface area contributed by atoms with Crippen LogP contribution in [0.3, 0.4) is 0 Å². The molecule has 168 valence electrons. The van der Waals surface area contributed by atoms with E-state index in [9.17, 15) is 14.0 Å². The summed E-state index contributed by atoms with van der Waals surface area (Å²) in [5.74, 6) is -0.511. The van der Waals surface area contributed by atoms with Crippen LogP contribution in [0.4, 0.5) is 10.1 Å². The van der Waals surface area contributed by atoms with Crippen molar-refractivity contribution >= 4 is 29.3 Å². The first-order valence-corrected chi connectivity index (χ1v) is 11.0. The van der Waals surface area contributed by atoms with Gasteiger partial charge in [0.2, 0.25) is 0 Å². The van der Waals surface area contributed by atoms with Crippen molar-refractivity contribution < 1.29 is 14.0 Å². The number of amides is 2. The molecule has 1 saturated heterocycles. The number of fused-ring (bicyclic) bond motifs is 1. The lowest BCUT2D eigenvalue weighted by molar-refractivity contribution is -0.110. The summed E-state index contributed by atoms with van der Waals surface area (Å²) in [5.41, 5.74) is 5.13. The molecule has 0 spiro atoms. The molecule has 0 unspecified atom stereocenters. The summed E-state index contributed by atoms with van der Waals surface area (Å²) in [6, 6.07) is 13.7. The Bertz CT molecular complexity index is 1270. The Kier molecular flexibility index (Phi) is 5.34. The zero-order valence-corrected chi connectivity index (χ0v) is 18.6.